The van der Waals surface area contributed by atoms with Crippen LogP contribution in [-0.2, 0) is 4.57 Å². The van der Waals surface area contributed by atoms with Gasteiger partial charge in [0.05, 0.1) is 11.7 Å². The first-order valence-electron chi connectivity index (χ1n) is 13.6. The van der Waals surface area contributed by atoms with Crippen molar-refractivity contribution in [2.45, 2.75) is 32.6 Å². The largest absolute Gasteiger partial charge is 0.353 e. The SMILES string of the molecule is CCP(=O)(CC)c1ccc(Nc2cc(-c3nc(N4CCNCC4)c4c(C5CC5)cncc4n3)ccn2)cc1. The molecule has 196 valence electrons. The molecule has 6 rings (SSSR count). The Bertz CT molecular complexity index is 1490. The van der Waals surface area contributed by atoms with Crippen molar-refractivity contribution in [2.24, 2.45) is 0 Å². The van der Waals surface area contributed by atoms with Gasteiger partial charge in [0, 0.05) is 72.8 Å². The van der Waals surface area contributed by atoms with Gasteiger partial charge in [0.1, 0.15) is 18.8 Å². The zero-order valence-corrected chi connectivity index (χ0v) is 22.9. The molecule has 0 atom stereocenters. The van der Waals surface area contributed by atoms with Gasteiger partial charge < -0.3 is 20.1 Å². The van der Waals surface area contributed by atoms with Crippen LogP contribution in [0.25, 0.3) is 22.3 Å². The van der Waals surface area contributed by atoms with Crippen LogP contribution in [0.15, 0.2) is 55.0 Å². The summed E-state index contributed by atoms with van der Waals surface area (Å²) < 4.78 is 13.1. The summed E-state index contributed by atoms with van der Waals surface area (Å²) in [6.45, 7) is 7.71. The molecule has 1 saturated heterocycles. The van der Waals surface area contributed by atoms with Crippen LogP contribution in [0.3, 0.4) is 0 Å². The van der Waals surface area contributed by atoms with E-state index in [1.54, 1.807) is 6.20 Å². The summed E-state index contributed by atoms with van der Waals surface area (Å²) in [4.78, 5) is 21.6. The van der Waals surface area contributed by atoms with Gasteiger partial charge in [-0.3, -0.25) is 4.98 Å². The Hall–Kier alpha value is -3.35. The van der Waals surface area contributed by atoms with Crippen molar-refractivity contribution in [1.29, 1.82) is 0 Å². The third-order valence-electron chi connectivity index (χ3n) is 7.70. The second kappa shape index (κ2) is 10.4. The standard InChI is InChI=1S/C29H34N7OP/c1-3-38(37,4-2)23-9-7-22(8-10-23)33-26-17-21(11-12-32-26)28-34-25-19-31-18-24(20-5-6-20)27(25)29(35-28)36-15-13-30-14-16-36/h7-12,17-20,30H,3-6,13-16H2,1-2H3,(H,32,33). The highest BCUT2D eigenvalue weighted by Gasteiger charge is 2.29. The normalized spacial score (nSPS) is 16.1. The van der Waals surface area contributed by atoms with E-state index in [2.05, 4.69) is 25.5 Å². The van der Waals surface area contributed by atoms with E-state index in [4.69, 9.17) is 9.97 Å². The smallest absolute Gasteiger partial charge is 0.162 e. The summed E-state index contributed by atoms with van der Waals surface area (Å²) in [5, 5.41) is 8.92. The molecule has 4 heterocycles. The van der Waals surface area contributed by atoms with E-state index in [1.807, 2.05) is 62.6 Å². The predicted molar refractivity (Wildman–Crippen MR) is 156 cm³/mol. The molecule has 1 aliphatic heterocycles. The Labute approximate surface area is 223 Å². The monoisotopic (exact) mass is 527 g/mol. The summed E-state index contributed by atoms with van der Waals surface area (Å²) in [5.74, 6) is 2.96. The van der Waals surface area contributed by atoms with E-state index in [0.717, 1.165) is 59.5 Å². The van der Waals surface area contributed by atoms with Crippen LogP contribution in [-0.4, -0.2) is 58.4 Å². The van der Waals surface area contributed by atoms with Crippen LogP contribution in [0.2, 0.25) is 0 Å². The lowest BCUT2D eigenvalue weighted by Crippen LogP contribution is -2.44. The number of hydrogen-bond acceptors (Lipinski definition) is 8. The zero-order valence-electron chi connectivity index (χ0n) is 22.0. The number of piperazine rings is 1. The summed E-state index contributed by atoms with van der Waals surface area (Å²) >= 11 is 0. The van der Waals surface area contributed by atoms with Crippen molar-refractivity contribution < 1.29 is 4.57 Å². The van der Waals surface area contributed by atoms with Crippen molar-refractivity contribution in [3.8, 4) is 11.4 Å². The summed E-state index contributed by atoms with van der Waals surface area (Å²) in [7, 11) is -2.30. The molecule has 3 aromatic heterocycles. The number of aromatic nitrogens is 4. The molecule has 1 aliphatic carbocycles. The second-order valence-electron chi connectivity index (χ2n) is 10.1. The van der Waals surface area contributed by atoms with Gasteiger partial charge in [-0.05, 0) is 60.7 Å². The van der Waals surface area contributed by atoms with Gasteiger partial charge in [-0.2, -0.15) is 0 Å². The first-order valence-corrected chi connectivity index (χ1v) is 15.7. The lowest BCUT2D eigenvalue weighted by molar-refractivity contribution is 0.582. The molecule has 0 radical (unpaired) electrons. The van der Waals surface area contributed by atoms with Gasteiger partial charge in [0.25, 0.3) is 0 Å². The van der Waals surface area contributed by atoms with Gasteiger partial charge in [-0.1, -0.05) is 13.8 Å². The Balaban J connectivity index is 1.34. The fraction of sp³-hybridized carbons (Fsp3) is 0.379. The molecule has 0 amide bonds. The molecular weight excluding hydrogens is 493 g/mol. The summed E-state index contributed by atoms with van der Waals surface area (Å²) in [6, 6.07) is 11.8. The molecule has 2 fully saturated rings. The van der Waals surface area contributed by atoms with Gasteiger partial charge in [0.15, 0.2) is 5.82 Å². The van der Waals surface area contributed by atoms with Gasteiger partial charge in [-0.25, -0.2) is 15.0 Å². The van der Waals surface area contributed by atoms with E-state index >= 15 is 0 Å². The fourth-order valence-electron chi connectivity index (χ4n) is 5.22. The summed E-state index contributed by atoms with van der Waals surface area (Å²) in [6.07, 6.45) is 9.43. The van der Waals surface area contributed by atoms with Gasteiger partial charge in [-0.15, -0.1) is 0 Å². The molecule has 0 bridgehead atoms. The second-order valence-corrected chi connectivity index (χ2v) is 13.7. The molecule has 2 N–H and O–H groups in total. The molecule has 0 unspecified atom stereocenters. The number of fused-ring (bicyclic) bond motifs is 1. The van der Waals surface area contributed by atoms with Crippen LogP contribution >= 0.6 is 7.14 Å². The maximum Gasteiger partial charge on any atom is 0.162 e. The quantitative estimate of drug-likeness (QED) is 0.304. The van der Waals surface area contributed by atoms with Crippen LogP contribution in [0.5, 0.6) is 0 Å². The van der Waals surface area contributed by atoms with Crippen molar-refractivity contribution in [1.82, 2.24) is 25.3 Å². The lowest BCUT2D eigenvalue weighted by atomic mass is 10.1. The molecular formula is C29H34N7OP. The van der Waals surface area contributed by atoms with E-state index in [9.17, 15) is 4.57 Å². The Morgan fingerprint density at radius 3 is 2.50 bits per heavy atom. The number of hydrogen-bond donors (Lipinski definition) is 2. The third-order valence-corrected chi connectivity index (χ3v) is 11.0. The van der Waals surface area contributed by atoms with E-state index in [1.165, 1.54) is 18.4 Å². The molecule has 1 aromatic carbocycles. The van der Waals surface area contributed by atoms with Crippen molar-refractivity contribution in [3.05, 3.63) is 60.6 Å². The van der Waals surface area contributed by atoms with Crippen molar-refractivity contribution >= 4 is 40.7 Å². The Morgan fingerprint density at radius 2 is 1.79 bits per heavy atom. The van der Waals surface area contributed by atoms with E-state index in [-0.39, 0.29) is 0 Å². The number of pyridine rings is 2. The molecule has 38 heavy (non-hydrogen) atoms. The molecule has 8 nitrogen and oxygen atoms in total. The predicted octanol–water partition coefficient (Wildman–Crippen LogP) is 5.15. The molecule has 1 saturated carbocycles. The first kappa shape index (κ1) is 25.0. The maximum atomic E-state index is 13.1. The number of nitrogens with one attached hydrogen (secondary N) is 2. The lowest BCUT2D eigenvalue weighted by Gasteiger charge is -2.30. The van der Waals surface area contributed by atoms with Crippen LogP contribution in [0.4, 0.5) is 17.3 Å². The maximum absolute atomic E-state index is 13.1. The highest BCUT2D eigenvalue weighted by atomic mass is 31.2. The number of anilines is 3. The molecule has 2 aliphatic rings. The summed E-state index contributed by atoms with van der Waals surface area (Å²) in [5.41, 5.74) is 3.97. The average Bonchev–Trinajstić information content (AvgIpc) is 3.82. The van der Waals surface area contributed by atoms with Gasteiger partial charge in [0.2, 0.25) is 0 Å². The molecule has 4 aromatic rings. The number of rotatable bonds is 8. The molecule has 0 spiro atoms. The van der Waals surface area contributed by atoms with Gasteiger partial charge >= 0.3 is 0 Å². The zero-order chi connectivity index (χ0) is 26.1. The minimum absolute atomic E-state index is 0.564. The Morgan fingerprint density at radius 1 is 1.03 bits per heavy atom. The highest BCUT2D eigenvalue weighted by molar-refractivity contribution is 7.71. The fourth-order valence-corrected chi connectivity index (χ4v) is 7.09. The number of benzene rings is 1. The van der Waals surface area contributed by atoms with E-state index < -0.39 is 7.14 Å². The minimum atomic E-state index is -2.30. The average molecular weight is 528 g/mol. The Kier molecular flexibility index (Phi) is 6.85. The van der Waals surface area contributed by atoms with Crippen LogP contribution in [0, 0.1) is 0 Å². The molecule has 9 heteroatoms. The van der Waals surface area contributed by atoms with Crippen molar-refractivity contribution in [2.75, 3.05) is 48.7 Å². The highest BCUT2D eigenvalue weighted by Crippen LogP contribution is 2.45. The van der Waals surface area contributed by atoms with Crippen molar-refractivity contribution in [3.63, 3.8) is 0 Å². The van der Waals surface area contributed by atoms with Crippen LogP contribution < -0.4 is 20.8 Å². The minimum Gasteiger partial charge on any atom is -0.353 e. The topological polar surface area (TPSA) is 95.9 Å². The number of nitrogens with zero attached hydrogens (tertiary/aromatic N) is 5. The van der Waals surface area contributed by atoms with Crippen LogP contribution in [0.1, 0.15) is 38.2 Å². The van der Waals surface area contributed by atoms with E-state index in [0.29, 0.717) is 29.9 Å². The third kappa shape index (κ3) is 4.91. The first-order chi connectivity index (χ1) is 18.6.